The van der Waals surface area contributed by atoms with Crippen LogP contribution in [-0.2, 0) is 5.41 Å². The van der Waals surface area contributed by atoms with Gasteiger partial charge in [0.2, 0.25) is 0 Å². The van der Waals surface area contributed by atoms with Crippen molar-refractivity contribution in [1.82, 2.24) is 29.8 Å². The van der Waals surface area contributed by atoms with Crippen molar-refractivity contribution < 1.29 is 0 Å². The topological polar surface area (TPSA) is 75.3 Å². The summed E-state index contributed by atoms with van der Waals surface area (Å²) in [7, 11) is 2.07. The summed E-state index contributed by atoms with van der Waals surface area (Å²) in [5.41, 5.74) is 0.680. The van der Waals surface area contributed by atoms with E-state index in [1.807, 2.05) is 22.7 Å². The fraction of sp³-hybridized carbons (Fsp3) is 0.471. The largest absolute Gasteiger partial charge is 0.353 e. The van der Waals surface area contributed by atoms with Crippen molar-refractivity contribution in [3.05, 3.63) is 36.5 Å². The van der Waals surface area contributed by atoms with Crippen LogP contribution in [0.25, 0.3) is 5.65 Å². The van der Waals surface area contributed by atoms with E-state index >= 15 is 0 Å². The highest BCUT2D eigenvalue weighted by Gasteiger charge is 2.32. The van der Waals surface area contributed by atoms with E-state index in [4.69, 9.17) is 5.10 Å². The second-order valence-corrected chi connectivity index (χ2v) is 7.47. The molecule has 0 unspecified atom stereocenters. The molecular weight excluding hydrogens is 316 g/mol. The van der Waals surface area contributed by atoms with E-state index in [1.165, 1.54) is 0 Å². The van der Waals surface area contributed by atoms with Crippen molar-refractivity contribution in [1.29, 1.82) is 0 Å². The minimum Gasteiger partial charge on any atom is -0.353 e. The Kier molecular flexibility index (Phi) is 3.55. The Morgan fingerprint density at radius 1 is 1.12 bits per heavy atom. The third kappa shape index (κ3) is 2.77. The fourth-order valence-corrected chi connectivity index (χ4v) is 2.98. The van der Waals surface area contributed by atoms with Crippen LogP contribution < -0.4 is 9.80 Å². The Hall–Kier alpha value is -2.77. The van der Waals surface area contributed by atoms with Gasteiger partial charge in [-0.2, -0.15) is 4.52 Å². The zero-order valence-electron chi connectivity index (χ0n) is 15.0. The molecule has 0 spiro atoms. The van der Waals surface area contributed by atoms with Crippen LogP contribution in [0.4, 0.5) is 11.6 Å². The summed E-state index contributed by atoms with van der Waals surface area (Å²) in [5.74, 6) is 2.77. The zero-order valence-corrected chi connectivity index (χ0v) is 15.0. The van der Waals surface area contributed by atoms with Gasteiger partial charge < -0.3 is 9.80 Å². The van der Waals surface area contributed by atoms with Crippen LogP contribution >= 0.6 is 0 Å². The Balaban J connectivity index is 1.52. The molecule has 1 aliphatic rings. The Morgan fingerprint density at radius 3 is 2.60 bits per heavy atom. The first-order chi connectivity index (χ1) is 11.9. The molecule has 1 saturated heterocycles. The molecule has 1 aliphatic heterocycles. The predicted molar refractivity (Wildman–Crippen MR) is 95.9 cm³/mol. The van der Waals surface area contributed by atoms with Crippen molar-refractivity contribution in [2.75, 3.05) is 29.9 Å². The first-order valence-corrected chi connectivity index (χ1v) is 8.40. The molecule has 4 heterocycles. The molecule has 0 N–H and O–H groups in total. The van der Waals surface area contributed by atoms with Gasteiger partial charge in [0.1, 0.15) is 18.0 Å². The molecule has 8 heteroatoms. The van der Waals surface area contributed by atoms with E-state index in [2.05, 4.69) is 57.8 Å². The first-order valence-electron chi connectivity index (χ1n) is 8.40. The van der Waals surface area contributed by atoms with Gasteiger partial charge in [-0.25, -0.2) is 9.97 Å². The molecular formula is C17H22N8. The SMILES string of the molecule is CN(c1ccncn1)C1CN(c2ccc3nnc(C(C)(C)C)n3n2)C1. The van der Waals surface area contributed by atoms with Gasteiger partial charge in [-0.05, 0) is 18.2 Å². The number of nitrogens with zero attached hydrogens (tertiary/aromatic N) is 8. The Labute approximate surface area is 146 Å². The van der Waals surface area contributed by atoms with Gasteiger partial charge in [0.05, 0.1) is 6.04 Å². The highest BCUT2D eigenvalue weighted by molar-refractivity contribution is 5.50. The van der Waals surface area contributed by atoms with Crippen LogP contribution in [0.5, 0.6) is 0 Å². The zero-order chi connectivity index (χ0) is 17.6. The van der Waals surface area contributed by atoms with Crippen molar-refractivity contribution in [3.8, 4) is 0 Å². The van der Waals surface area contributed by atoms with Crippen LogP contribution in [0.2, 0.25) is 0 Å². The van der Waals surface area contributed by atoms with E-state index < -0.39 is 0 Å². The molecule has 0 aromatic carbocycles. The van der Waals surface area contributed by atoms with Crippen LogP contribution in [0, 0.1) is 0 Å². The lowest BCUT2D eigenvalue weighted by molar-refractivity contribution is 0.483. The number of anilines is 2. The molecule has 130 valence electrons. The second kappa shape index (κ2) is 5.65. The highest BCUT2D eigenvalue weighted by atomic mass is 15.4. The fourth-order valence-electron chi connectivity index (χ4n) is 2.98. The van der Waals surface area contributed by atoms with Crippen molar-refractivity contribution in [2.24, 2.45) is 0 Å². The lowest BCUT2D eigenvalue weighted by Gasteiger charge is -2.44. The number of hydrogen-bond donors (Lipinski definition) is 0. The highest BCUT2D eigenvalue weighted by Crippen LogP contribution is 2.25. The number of hydrogen-bond acceptors (Lipinski definition) is 7. The number of rotatable bonds is 3. The molecule has 1 fully saturated rings. The average Bonchev–Trinajstić information content (AvgIpc) is 2.97. The number of fused-ring (bicyclic) bond motifs is 1. The predicted octanol–water partition coefficient (Wildman–Crippen LogP) is 1.54. The Morgan fingerprint density at radius 2 is 1.92 bits per heavy atom. The van der Waals surface area contributed by atoms with Crippen LogP contribution in [-0.4, -0.2) is 56.0 Å². The molecule has 4 rings (SSSR count). The molecule has 3 aromatic heterocycles. The van der Waals surface area contributed by atoms with Crippen LogP contribution in [0.1, 0.15) is 26.6 Å². The smallest absolute Gasteiger partial charge is 0.178 e. The van der Waals surface area contributed by atoms with Crippen LogP contribution in [0.3, 0.4) is 0 Å². The van der Waals surface area contributed by atoms with E-state index in [9.17, 15) is 0 Å². The van der Waals surface area contributed by atoms with Gasteiger partial charge in [-0.3, -0.25) is 0 Å². The number of aromatic nitrogens is 6. The van der Waals surface area contributed by atoms with E-state index in [-0.39, 0.29) is 5.41 Å². The monoisotopic (exact) mass is 338 g/mol. The maximum atomic E-state index is 4.76. The van der Waals surface area contributed by atoms with E-state index in [0.29, 0.717) is 6.04 Å². The molecule has 3 aromatic rings. The van der Waals surface area contributed by atoms with Gasteiger partial charge >= 0.3 is 0 Å². The molecule has 8 nitrogen and oxygen atoms in total. The number of likely N-dealkylation sites (N-methyl/N-ethyl adjacent to an activating group) is 1. The van der Waals surface area contributed by atoms with Gasteiger partial charge in [0, 0.05) is 31.7 Å². The normalized spacial score (nSPS) is 15.4. The lowest BCUT2D eigenvalue weighted by Crippen LogP contribution is -2.59. The minimum atomic E-state index is -0.101. The van der Waals surface area contributed by atoms with Gasteiger partial charge in [-0.1, -0.05) is 20.8 Å². The summed E-state index contributed by atoms with van der Waals surface area (Å²) >= 11 is 0. The van der Waals surface area contributed by atoms with Crippen LogP contribution in [0.15, 0.2) is 30.7 Å². The van der Waals surface area contributed by atoms with Crippen molar-refractivity contribution >= 4 is 17.3 Å². The van der Waals surface area contributed by atoms with E-state index in [1.54, 1.807) is 12.5 Å². The summed E-state index contributed by atoms with van der Waals surface area (Å²) in [6.45, 7) is 8.18. The average molecular weight is 338 g/mol. The first kappa shape index (κ1) is 15.7. The molecule has 0 atom stereocenters. The molecule has 0 saturated carbocycles. The maximum Gasteiger partial charge on any atom is 0.178 e. The summed E-state index contributed by atoms with van der Waals surface area (Å²) in [6.07, 6.45) is 3.35. The van der Waals surface area contributed by atoms with Gasteiger partial charge in [-0.15, -0.1) is 15.3 Å². The van der Waals surface area contributed by atoms with Crippen molar-refractivity contribution in [2.45, 2.75) is 32.2 Å². The quantitative estimate of drug-likeness (QED) is 0.717. The Bertz CT molecular complexity index is 877. The third-order valence-corrected chi connectivity index (χ3v) is 4.58. The standard InChI is InChI=1S/C17H22N8/c1-17(2,3)16-21-20-14-5-6-15(22-25(14)16)24-9-12(10-24)23(4)13-7-8-18-11-19-13/h5-8,11-12H,9-10H2,1-4H3. The molecule has 0 aliphatic carbocycles. The summed E-state index contributed by atoms with van der Waals surface area (Å²) in [4.78, 5) is 12.7. The minimum absolute atomic E-state index is 0.101. The summed E-state index contributed by atoms with van der Waals surface area (Å²) in [5, 5.41) is 13.3. The maximum absolute atomic E-state index is 4.76. The van der Waals surface area contributed by atoms with Crippen molar-refractivity contribution in [3.63, 3.8) is 0 Å². The van der Waals surface area contributed by atoms with E-state index in [0.717, 1.165) is 36.2 Å². The second-order valence-electron chi connectivity index (χ2n) is 7.47. The molecule has 25 heavy (non-hydrogen) atoms. The lowest BCUT2D eigenvalue weighted by atomic mass is 9.96. The molecule has 0 bridgehead atoms. The summed E-state index contributed by atoms with van der Waals surface area (Å²) in [6, 6.07) is 6.33. The van der Waals surface area contributed by atoms with Gasteiger partial charge in [0.25, 0.3) is 0 Å². The molecule has 0 amide bonds. The summed E-state index contributed by atoms with van der Waals surface area (Å²) < 4.78 is 1.86. The van der Waals surface area contributed by atoms with Gasteiger partial charge in [0.15, 0.2) is 11.5 Å². The molecule has 0 radical (unpaired) electrons. The third-order valence-electron chi connectivity index (χ3n) is 4.58.